The third-order valence-corrected chi connectivity index (χ3v) is 4.67. The van der Waals surface area contributed by atoms with Crippen molar-refractivity contribution in [2.24, 2.45) is 0 Å². The molecule has 0 aliphatic carbocycles. The van der Waals surface area contributed by atoms with E-state index in [0.717, 1.165) is 42.6 Å². The first-order valence-corrected chi connectivity index (χ1v) is 9.51. The van der Waals surface area contributed by atoms with Crippen molar-refractivity contribution in [2.75, 3.05) is 7.11 Å². The lowest BCUT2D eigenvalue weighted by Gasteiger charge is -2.09. The van der Waals surface area contributed by atoms with Gasteiger partial charge in [0.1, 0.15) is 5.82 Å². The van der Waals surface area contributed by atoms with Crippen LogP contribution in [-0.4, -0.2) is 33.0 Å². The van der Waals surface area contributed by atoms with E-state index in [-0.39, 0.29) is 0 Å². The minimum Gasteiger partial charge on any atom is -0.478 e. The van der Waals surface area contributed by atoms with Crippen molar-refractivity contribution in [3.8, 4) is 17.1 Å². The fourth-order valence-electron chi connectivity index (χ4n) is 3.17. The van der Waals surface area contributed by atoms with Crippen molar-refractivity contribution in [1.82, 2.24) is 14.8 Å². The molecule has 0 spiro atoms. The highest BCUT2D eigenvalue weighted by molar-refractivity contribution is 5.95. The van der Waals surface area contributed by atoms with Gasteiger partial charge in [-0.1, -0.05) is 62.2 Å². The molecule has 0 amide bonds. The highest BCUT2D eigenvalue weighted by Gasteiger charge is 2.12. The van der Waals surface area contributed by atoms with Crippen LogP contribution >= 0.6 is 0 Å². The summed E-state index contributed by atoms with van der Waals surface area (Å²) in [5.41, 5.74) is 2.96. The standard InChI is InChI=1S/C22H25N3O3/c1-3-4-5-10-20-23-22(28-2)24-25(20)15-16-11-13-17(14-12-16)18-8-6-7-9-19(18)21(26)27/h6-9,11-14H,3-5,10,15H2,1-2H3,(H,26,27). The van der Waals surface area contributed by atoms with Crippen molar-refractivity contribution < 1.29 is 14.6 Å². The van der Waals surface area contributed by atoms with E-state index in [2.05, 4.69) is 17.0 Å². The molecular weight excluding hydrogens is 354 g/mol. The summed E-state index contributed by atoms with van der Waals surface area (Å²) in [5.74, 6) is -0.00305. The summed E-state index contributed by atoms with van der Waals surface area (Å²) in [5, 5.41) is 13.8. The Morgan fingerprint density at radius 2 is 1.86 bits per heavy atom. The second kappa shape index (κ2) is 9.17. The molecule has 1 aromatic heterocycles. The van der Waals surface area contributed by atoms with Gasteiger partial charge in [-0.15, -0.1) is 5.10 Å². The van der Waals surface area contributed by atoms with E-state index in [1.54, 1.807) is 19.2 Å². The molecule has 0 bridgehead atoms. The molecule has 0 saturated carbocycles. The van der Waals surface area contributed by atoms with Gasteiger partial charge < -0.3 is 9.84 Å². The van der Waals surface area contributed by atoms with Gasteiger partial charge in [-0.05, 0) is 29.2 Å². The summed E-state index contributed by atoms with van der Waals surface area (Å²) in [6, 6.07) is 15.3. The van der Waals surface area contributed by atoms with Crippen LogP contribution in [0.3, 0.4) is 0 Å². The zero-order valence-corrected chi connectivity index (χ0v) is 16.3. The zero-order valence-electron chi connectivity index (χ0n) is 16.3. The molecule has 1 N–H and O–H groups in total. The third kappa shape index (κ3) is 4.57. The monoisotopic (exact) mass is 379 g/mol. The molecular formula is C22H25N3O3. The van der Waals surface area contributed by atoms with E-state index in [1.165, 1.54) is 0 Å². The van der Waals surface area contributed by atoms with Crippen LogP contribution in [0, 0.1) is 0 Å². The fraction of sp³-hybridized carbons (Fsp3) is 0.318. The van der Waals surface area contributed by atoms with Crippen LogP contribution in [-0.2, 0) is 13.0 Å². The molecule has 0 aliphatic heterocycles. The molecule has 0 radical (unpaired) electrons. The molecule has 2 aromatic carbocycles. The Morgan fingerprint density at radius 3 is 2.54 bits per heavy atom. The molecule has 6 heteroatoms. The average Bonchev–Trinajstić information content (AvgIpc) is 3.10. The lowest BCUT2D eigenvalue weighted by molar-refractivity contribution is 0.0697. The minimum absolute atomic E-state index is 0.300. The largest absolute Gasteiger partial charge is 0.478 e. The number of benzene rings is 2. The molecule has 28 heavy (non-hydrogen) atoms. The summed E-state index contributed by atoms with van der Waals surface area (Å²) in [6.07, 6.45) is 4.26. The maximum absolute atomic E-state index is 11.4. The quantitative estimate of drug-likeness (QED) is 0.557. The average molecular weight is 379 g/mol. The lowest BCUT2D eigenvalue weighted by Crippen LogP contribution is -2.07. The number of hydrogen-bond acceptors (Lipinski definition) is 4. The molecule has 1 heterocycles. The van der Waals surface area contributed by atoms with Crippen molar-refractivity contribution in [3.63, 3.8) is 0 Å². The van der Waals surface area contributed by atoms with E-state index >= 15 is 0 Å². The van der Waals surface area contributed by atoms with Gasteiger partial charge >= 0.3 is 12.0 Å². The first-order chi connectivity index (χ1) is 13.6. The van der Waals surface area contributed by atoms with Crippen LogP contribution in [0.25, 0.3) is 11.1 Å². The number of aryl methyl sites for hydroxylation is 1. The van der Waals surface area contributed by atoms with E-state index in [0.29, 0.717) is 23.7 Å². The lowest BCUT2D eigenvalue weighted by atomic mass is 9.99. The highest BCUT2D eigenvalue weighted by Crippen LogP contribution is 2.24. The predicted molar refractivity (Wildman–Crippen MR) is 108 cm³/mol. The van der Waals surface area contributed by atoms with Gasteiger partial charge in [-0.2, -0.15) is 4.98 Å². The number of aromatic carboxylic acids is 1. The molecule has 0 atom stereocenters. The normalized spacial score (nSPS) is 10.8. The van der Waals surface area contributed by atoms with Crippen LogP contribution in [0.1, 0.15) is 47.9 Å². The molecule has 0 aliphatic rings. The number of aromatic nitrogens is 3. The predicted octanol–water partition coefficient (Wildman–Crippen LogP) is 4.43. The number of hydrogen-bond donors (Lipinski definition) is 1. The van der Waals surface area contributed by atoms with Crippen molar-refractivity contribution in [3.05, 3.63) is 65.5 Å². The van der Waals surface area contributed by atoms with Crippen LogP contribution < -0.4 is 4.74 Å². The number of unbranched alkanes of at least 4 members (excludes halogenated alkanes) is 2. The fourth-order valence-corrected chi connectivity index (χ4v) is 3.17. The SMILES string of the molecule is CCCCCc1nc(OC)nn1Cc1ccc(-c2ccccc2C(=O)O)cc1. The summed E-state index contributed by atoms with van der Waals surface area (Å²) < 4.78 is 7.08. The molecule has 0 fully saturated rings. The van der Waals surface area contributed by atoms with Gasteiger partial charge in [-0.25, -0.2) is 9.48 Å². The van der Waals surface area contributed by atoms with Gasteiger partial charge in [0.25, 0.3) is 0 Å². The third-order valence-electron chi connectivity index (χ3n) is 4.67. The van der Waals surface area contributed by atoms with E-state index in [1.807, 2.05) is 41.1 Å². The number of carboxylic acid groups (broad SMARTS) is 1. The van der Waals surface area contributed by atoms with Crippen LogP contribution in [0.15, 0.2) is 48.5 Å². The summed E-state index contributed by atoms with van der Waals surface area (Å²) in [7, 11) is 1.57. The summed E-state index contributed by atoms with van der Waals surface area (Å²) in [4.78, 5) is 15.9. The second-order valence-corrected chi connectivity index (χ2v) is 6.68. The Morgan fingerprint density at radius 1 is 1.11 bits per heavy atom. The van der Waals surface area contributed by atoms with E-state index < -0.39 is 5.97 Å². The maximum atomic E-state index is 11.4. The molecule has 6 nitrogen and oxygen atoms in total. The van der Waals surface area contributed by atoms with Gasteiger partial charge in [0.2, 0.25) is 0 Å². The topological polar surface area (TPSA) is 77.2 Å². The Labute approximate surface area is 164 Å². The Hall–Kier alpha value is -3.15. The first-order valence-electron chi connectivity index (χ1n) is 9.51. The Balaban J connectivity index is 1.80. The number of methoxy groups -OCH3 is 1. The smallest absolute Gasteiger partial charge is 0.336 e. The number of ether oxygens (including phenoxy) is 1. The molecule has 146 valence electrons. The number of rotatable bonds is 9. The van der Waals surface area contributed by atoms with Gasteiger partial charge in [0.15, 0.2) is 0 Å². The Bertz CT molecular complexity index is 932. The van der Waals surface area contributed by atoms with Crippen LogP contribution in [0.5, 0.6) is 6.01 Å². The number of carbonyl (C=O) groups is 1. The minimum atomic E-state index is -0.925. The molecule has 0 unspecified atom stereocenters. The number of nitrogens with zero attached hydrogens (tertiary/aromatic N) is 3. The summed E-state index contributed by atoms with van der Waals surface area (Å²) >= 11 is 0. The van der Waals surface area contributed by atoms with Gasteiger partial charge in [-0.3, -0.25) is 0 Å². The van der Waals surface area contributed by atoms with Crippen molar-refractivity contribution in [2.45, 2.75) is 39.2 Å². The first kappa shape index (κ1) is 19.6. The molecule has 3 rings (SSSR count). The van der Waals surface area contributed by atoms with Crippen LogP contribution in [0.2, 0.25) is 0 Å². The van der Waals surface area contributed by atoms with Crippen molar-refractivity contribution >= 4 is 5.97 Å². The van der Waals surface area contributed by atoms with Gasteiger partial charge in [0, 0.05) is 6.42 Å². The molecule has 0 saturated heterocycles. The maximum Gasteiger partial charge on any atom is 0.336 e. The van der Waals surface area contributed by atoms with E-state index in [4.69, 9.17) is 4.74 Å². The summed E-state index contributed by atoms with van der Waals surface area (Å²) in [6.45, 7) is 2.77. The zero-order chi connectivity index (χ0) is 19.9. The van der Waals surface area contributed by atoms with Crippen LogP contribution in [0.4, 0.5) is 0 Å². The molecule has 3 aromatic rings. The van der Waals surface area contributed by atoms with Crippen molar-refractivity contribution in [1.29, 1.82) is 0 Å². The second-order valence-electron chi connectivity index (χ2n) is 6.68. The highest BCUT2D eigenvalue weighted by atomic mass is 16.5. The van der Waals surface area contributed by atoms with Gasteiger partial charge in [0.05, 0.1) is 19.2 Å². The number of carboxylic acids is 1. The van der Waals surface area contributed by atoms with E-state index in [9.17, 15) is 9.90 Å². The Kier molecular flexibility index (Phi) is 6.42.